The molecule has 0 aliphatic carbocycles. The second-order valence-electron chi connectivity index (χ2n) is 4.00. The molecule has 1 unspecified atom stereocenters. The maximum atomic E-state index is 11.9. The topological polar surface area (TPSA) is 49.3 Å². The third-order valence-corrected chi connectivity index (χ3v) is 4.63. The fourth-order valence-electron chi connectivity index (χ4n) is 1.64. The van der Waals surface area contributed by atoms with E-state index >= 15 is 0 Å². The number of hydrogen-bond acceptors (Lipinski definition) is 4. The minimum atomic E-state index is -0.0103. The van der Waals surface area contributed by atoms with Crippen molar-refractivity contribution >= 4 is 38.0 Å². The van der Waals surface area contributed by atoms with Crippen LogP contribution >= 0.6 is 22.7 Å². The summed E-state index contributed by atoms with van der Waals surface area (Å²) in [6, 6.07) is 4.09. The number of rotatable bonds is 5. The zero-order valence-corrected chi connectivity index (χ0v) is 11.2. The van der Waals surface area contributed by atoms with Crippen molar-refractivity contribution in [3.8, 4) is 0 Å². The van der Waals surface area contributed by atoms with Crippen LogP contribution in [0.1, 0.15) is 29.4 Å². The fourth-order valence-corrected chi connectivity index (χ4v) is 3.65. The van der Waals surface area contributed by atoms with Crippen molar-refractivity contribution in [2.45, 2.75) is 25.8 Å². The van der Waals surface area contributed by atoms with Crippen molar-refractivity contribution in [1.29, 1.82) is 0 Å². The van der Waals surface area contributed by atoms with Crippen molar-refractivity contribution < 1.29 is 9.90 Å². The first kappa shape index (κ1) is 12.5. The molecule has 17 heavy (non-hydrogen) atoms. The number of thiophene rings is 2. The molecule has 2 heterocycles. The molecule has 0 bridgehead atoms. The van der Waals surface area contributed by atoms with Crippen molar-refractivity contribution in [2.24, 2.45) is 0 Å². The van der Waals surface area contributed by atoms with E-state index in [0.717, 1.165) is 17.7 Å². The molecule has 0 spiro atoms. The van der Waals surface area contributed by atoms with Gasteiger partial charge < -0.3 is 10.4 Å². The maximum Gasteiger partial charge on any atom is 0.261 e. The van der Waals surface area contributed by atoms with Crippen molar-refractivity contribution in [2.75, 3.05) is 6.61 Å². The summed E-state index contributed by atoms with van der Waals surface area (Å²) in [7, 11) is 0. The molecule has 2 aromatic rings. The Morgan fingerprint density at radius 3 is 3.06 bits per heavy atom. The number of hydrogen-bond donors (Lipinski definition) is 2. The summed E-state index contributed by atoms with van der Waals surface area (Å²) < 4.78 is 2.34. The van der Waals surface area contributed by atoms with Gasteiger partial charge >= 0.3 is 0 Å². The molecule has 1 atom stereocenters. The van der Waals surface area contributed by atoms with Crippen LogP contribution in [0.2, 0.25) is 0 Å². The van der Waals surface area contributed by atoms with E-state index in [-0.39, 0.29) is 18.6 Å². The Morgan fingerprint density at radius 1 is 1.53 bits per heavy atom. The van der Waals surface area contributed by atoms with Gasteiger partial charge in [0.1, 0.15) is 0 Å². The Kier molecular flexibility index (Phi) is 4.15. The Labute approximate surface area is 108 Å². The largest absolute Gasteiger partial charge is 0.396 e. The molecule has 2 aromatic heterocycles. The molecule has 0 radical (unpaired) electrons. The number of carbonyl (C=O) groups excluding carboxylic acids is 1. The van der Waals surface area contributed by atoms with Crippen molar-refractivity contribution in [1.82, 2.24) is 5.32 Å². The average Bonchev–Trinajstić information content (AvgIpc) is 2.86. The van der Waals surface area contributed by atoms with Crippen LogP contribution in [-0.2, 0) is 0 Å². The van der Waals surface area contributed by atoms with Gasteiger partial charge in [-0.25, -0.2) is 0 Å². The summed E-state index contributed by atoms with van der Waals surface area (Å²) in [6.07, 6.45) is 1.53. The zero-order chi connectivity index (χ0) is 12.3. The molecule has 2 rings (SSSR count). The summed E-state index contributed by atoms with van der Waals surface area (Å²) in [5.74, 6) is -0.0103. The summed E-state index contributed by atoms with van der Waals surface area (Å²) in [4.78, 5) is 12.7. The van der Waals surface area contributed by atoms with Gasteiger partial charge in [0.2, 0.25) is 0 Å². The lowest BCUT2D eigenvalue weighted by Crippen LogP contribution is -2.32. The fraction of sp³-hybridized carbons (Fsp3) is 0.417. The average molecular weight is 269 g/mol. The molecule has 2 N–H and O–H groups in total. The number of nitrogens with one attached hydrogen (secondary N) is 1. The van der Waals surface area contributed by atoms with E-state index in [1.807, 2.05) is 24.4 Å². The van der Waals surface area contributed by atoms with Gasteiger partial charge in [-0.1, -0.05) is 0 Å². The standard InChI is InChI=1S/C12H15NO2S2/c1-8(3-2-5-14)13-12(15)11-7-10-9(17-11)4-6-16-10/h4,6-8,14H,2-3,5H2,1H3,(H,13,15). The number of aliphatic hydroxyl groups excluding tert-OH is 1. The highest BCUT2D eigenvalue weighted by Crippen LogP contribution is 2.29. The van der Waals surface area contributed by atoms with Crippen LogP contribution in [0, 0.1) is 0 Å². The molecule has 0 aromatic carbocycles. The van der Waals surface area contributed by atoms with Gasteiger partial charge in [-0.2, -0.15) is 0 Å². The van der Waals surface area contributed by atoms with Gasteiger partial charge in [0.15, 0.2) is 0 Å². The van der Waals surface area contributed by atoms with Gasteiger partial charge in [-0.05, 0) is 37.3 Å². The highest BCUT2D eigenvalue weighted by atomic mass is 32.1. The van der Waals surface area contributed by atoms with Crippen LogP contribution < -0.4 is 5.32 Å². The summed E-state index contributed by atoms with van der Waals surface area (Å²) in [5, 5.41) is 13.7. The Bertz CT molecular complexity index is 475. The SMILES string of the molecule is CC(CCCO)NC(=O)c1cc2sccc2s1. The second-order valence-corrected chi connectivity index (χ2v) is 6.03. The van der Waals surface area contributed by atoms with E-state index < -0.39 is 0 Å². The molecule has 5 heteroatoms. The molecule has 0 aliphatic heterocycles. The molecule has 0 fully saturated rings. The summed E-state index contributed by atoms with van der Waals surface area (Å²) in [5.41, 5.74) is 0. The Hall–Kier alpha value is -0.910. The Morgan fingerprint density at radius 2 is 2.35 bits per heavy atom. The monoisotopic (exact) mass is 269 g/mol. The van der Waals surface area contributed by atoms with Crippen LogP contribution in [0.15, 0.2) is 17.5 Å². The molecule has 0 aliphatic rings. The zero-order valence-electron chi connectivity index (χ0n) is 9.60. The molecule has 0 saturated heterocycles. The van der Waals surface area contributed by atoms with Crippen LogP contribution in [-0.4, -0.2) is 23.7 Å². The first-order valence-electron chi connectivity index (χ1n) is 5.59. The minimum absolute atomic E-state index is 0.0103. The predicted octanol–water partition coefficient (Wildman–Crippen LogP) is 2.85. The minimum Gasteiger partial charge on any atom is -0.396 e. The summed E-state index contributed by atoms with van der Waals surface area (Å²) in [6.45, 7) is 2.14. The van der Waals surface area contributed by atoms with Crippen LogP contribution in [0.3, 0.4) is 0 Å². The van der Waals surface area contributed by atoms with Crippen LogP contribution in [0.5, 0.6) is 0 Å². The van der Waals surface area contributed by atoms with Crippen LogP contribution in [0.25, 0.3) is 9.40 Å². The van der Waals surface area contributed by atoms with E-state index in [1.165, 1.54) is 20.7 Å². The van der Waals surface area contributed by atoms with E-state index in [2.05, 4.69) is 5.32 Å². The van der Waals surface area contributed by atoms with Gasteiger partial charge in [0.25, 0.3) is 5.91 Å². The lowest BCUT2D eigenvalue weighted by atomic mass is 10.2. The third-order valence-electron chi connectivity index (χ3n) is 2.54. The lowest BCUT2D eigenvalue weighted by molar-refractivity contribution is 0.0940. The van der Waals surface area contributed by atoms with Crippen molar-refractivity contribution in [3.63, 3.8) is 0 Å². The second kappa shape index (κ2) is 5.62. The third kappa shape index (κ3) is 3.06. The van der Waals surface area contributed by atoms with Gasteiger partial charge in [-0.15, -0.1) is 22.7 Å². The smallest absolute Gasteiger partial charge is 0.261 e. The number of aliphatic hydroxyl groups is 1. The summed E-state index contributed by atoms with van der Waals surface area (Å²) >= 11 is 3.18. The molecule has 0 saturated carbocycles. The lowest BCUT2D eigenvalue weighted by Gasteiger charge is -2.11. The molecule has 3 nitrogen and oxygen atoms in total. The molecular formula is C12H15NO2S2. The predicted molar refractivity (Wildman–Crippen MR) is 73.0 cm³/mol. The van der Waals surface area contributed by atoms with Gasteiger partial charge in [0.05, 0.1) is 4.88 Å². The van der Waals surface area contributed by atoms with Gasteiger partial charge in [0, 0.05) is 22.0 Å². The molecule has 92 valence electrons. The van der Waals surface area contributed by atoms with E-state index in [1.54, 1.807) is 11.3 Å². The highest BCUT2D eigenvalue weighted by molar-refractivity contribution is 7.27. The number of carbonyl (C=O) groups is 1. The normalized spacial score (nSPS) is 12.8. The van der Waals surface area contributed by atoms with E-state index in [0.29, 0.717) is 0 Å². The van der Waals surface area contributed by atoms with Crippen LogP contribution in [0.4, 0.5) is 0 Å². The Balaban J connectivity index is 1.98. The number of amides is 1. The maximum absolute atomic E-state index is 11.9. The number of fused-ring (bicyclic) bond motifs is 1. The van der Waals surface area contributed by atoms with Gasteiger partial charge in [-0.3, -0.25) is 4.79 Å². The van der Waals surface area contributed by atoms with E-state index in [4.69, 9.17) is 5.11 Å². The van der Waals surface area contributed by atoms with E-state index in [9.17, 15) is 4.79 Å². The quantitative estimate of drug-likeness (QED) is 0.877. The molecule has 1 amide bonds. The highest BCUT2D eigenvalue weighted by Gasteiger charge is 2.13. The van der Waals surface area contributed by atoms with Crippen molar-refractivity contribution in [3.05, 3.63) is 22.4 Å². The first-order chi connectivity index (χ1) is 8.20. The first-order valence-corrected chi connectivity index (χ1v) is 7.29. The molecular weight excluding hydrogens is 254 g/mol.